The van der Waals surface area contributed by atoms with Gasteiger partial charge in [-0.1, -0.05) is 57.8 Å². The Bertz CT molecular complexity index is 921. The SMILES string of the molecule is C/C(=N\O)C(=NCCC=NC(/C(C)=N/O)c1ccc(Cl)cc1)c1ccc(Cl)cc1. The molecule has 2 N–H and O–H groups in total. The Balaban J connectivity index is 2.12. The van der Waals surface area contributed by atoms with E-state index in [9.17, 15) is 0 Å². The lowest BCUT2D eigenvalue weighted by molar-refractivity contribution is 0.316. The maximum absolute atomic E-state index is 9.15. The number of nitrogens with zero attached hydrogens (tertiary/aromatic N) is 4. The molecule has 0 bridgehead atoms. The number of hydrogen-bond donors (Lipinski definition) is 2. The van der Waals surface area contributed by atoms with Crippen molar-refractivity contribution in [2.24, 2.45) is 20.3 Å². The Labute approximate surface area is 179 Å². The fraction of sp³-hybridized carbons (Fsp3) is 0.238. The van der Waals surface area contributed by atoms with Crippen molar-refractivity contribution >= 4 is 46.6 Å². The minimum Gasteiger partial charge on any atom is -0.411 e. The summed E-state index contributed by atoms with van der Waals surface area (Å²) in [6, 6.07) is 14.0. The van der Waals surface area contributed by atoms with Gasteiger partial charge in [0.1, 0.15) is 11.8 Å². The average Bonchev–Trinajstić information content (AvgIpc) is 2.74. The summed E-state index contributed by atoms with van der Waals surface area (Å²) in [4.78, 5) is 9.05. The lowest BCUT2D eigenvalue weighted by Gasteiger charge is -2.11. The Morgan fingerprint density at radius 3 is 2.07 bits per heavy atom. The molecule has 2 aromatic rings. The van der Waals surface area contributed by atoms with Crippen LogP contribution >= 0.6 is 23.2 Å². The summed E-state index contributed by atoms with van der Waals surface area (Å²) in [6.07, 6.45) is 2.29. The second-order valence-electron chi connectivity index (χ2n) is 6.24. The number of rotatable bonds is 8. The van der Waals surface area contributed by atoms with Gasteiger partial charge in [-0.05, 0) is 43.7 Å². The van der Waals surface area contributed by atoms with Gasteiger partial charge in [-0.15, -0.1) is 0 Å². The van der Waals surface area contributed by atoms with Crippen molar-refractivity contribution in [2.75, 3.05) is 6.54 Å². The molecule has 2 rings (SSSR count). The van der Waals surface area contributed by atoms with Gasteiger partial charge >= 0.3 is 0 Å². The van der Waals surface area contributed by atoms with Crippen molar-refractivity contribution in [3.05, 3.63) is 69.7 Å². The van der Waals surface area contributed by atoms with Gasteiger partial charge in [0, 0.05) is 34.8 Å². The van der Waals surface area contributed by atoms with E-state index >= 15 is 0 Å². The van der Waals surface area contributed by atoms with Crippen LogP contribution in [0.5, 0.6) is 0 Å². The molecule has 0 aliphatic rings. The molecule has 0 aliphatic heterocycles. The van der Waals surface area contributed by atoms with Crippen molar-refractivity contribution in [3.8, 4) is 0 Å². The maximum Gasteiger partial charge on any atom is 0.116 e. The summed E-state index contributed by atoms with van der Waals surface area (Å²) in [5.74, 6) is 0. The van der Waals surface area contributed by atoms with Crippen LogP contribution < -0.4 is 0 Å². The van der Waals surface area contributed by atoms with Crippen molar-refractivity contribution in [2.45, 2.75) is 26.3 Å². The second kappa shape index (κ2) is 11.3. The van der Waals surface area contributed by atoms with E-state index < -0.39 is 6.04 Å². The number of halogens is 2. The van der Waals surface area contributed by atoms with Gasteiger partial charge in [0.25, 0.3) is 0 Å². The van der Waals surface area contributed by atoms with E-state index in [4.69, 9.17) is 33.6 Å². The van der Waals surface area contributed by atoms with Gasteiger partial charge in [0.05, 0.1) is 11.4 Å². The van der Waals surface area contributed by atoms with Crippen molar-refractivity contribution in [1.29, 1.82) is 0 Å². The van der Waals surface area contributed by atoms with Gasteiger partial charge in [-0.2, -0.15) is 0 Å². The van der Waals surface area contributed by atoms with Crippen LogP contribution in [0.3, 0.4) is 0 Å². The molecule has 0 aliphatic carbocycles. The first-order valence-corrected chi connectivity index (χ1v) is 9.67. The number of benzene rings is 2. The van der Waals surface area contributed by atoms with Crippen LogP contribution in [0.15, 0.2) is 68.8 Å². The fourth-order valence-corrected chi connectivity index (χ4v) is 2.87. The highest BCUT2D eigenvalue weighted by molar-refractivity contribution is 6.47. The number of aliphatic imine (C=N–C) groups is 2. The summed E-state index contributed by atoms with van der Waals surface area (Å²) < 4.78 is 0. The zero-order valence-electron chi connectivity index (χ0n) is 16.1. The first kappa shape index (κ1) is 22.6. The molecule has 1 unspecified atom stereocenters. The van der Waals surface area contributed by atoms with E-state index in [-0.39, 0.29) is 0 Å². The van der Waals surface area contributed by atoms with E-state index in [1.54, 1.807) is 44.3 Å². The minimum atomic E-state index is -0.405. The standard InChI is InChI=1S/C21H22Cl2N4O2/c1-14(26-28)20(16-4-8-18(22)9-5-16)24-12-3-13-25-21(15(2)27-29)17-6-10-19(23)11-7-17/h4-12,20,28-29H,3,13H2,1-2H3/b24-12?,25-21?,26-14+,27-15+. The van der Waals surface area contributed by atoms with Gasteiger partial charge in [0.15, 0.2) is 0 Å². The van der Waals surface area contributed by atoms with Crippen LogP contribution in [0, 0.1) is 0 Å². The highest BCUT2D eigenvalue weighted by Crippen LogP contribution is 2.21. The molecule has 0 radical (unpaired) electrons. The van der Waals surface area contributed by atoms with Crippen LogP contribution in [0.25, 0.3) is 0 Å². The first-order valence-electron chi connectivity index (χ1n) is 8.91. The lowest BCUT2D eigenvalue weighted by atomic mass is 10.0. The van der Waals surface area contributed by atoms with Gasteiger partial charge in [0.2, 0.25) is 0 Å². The van der Waals surface area contributed by atoms with Crippen LogP contribution in [0.4, 0.5) is 0 Å². The quantitative estimate of drug-likeness (QED) is 0.243. The first-order chi connectivity index (χ1) is 14.0. The highest BCUT2D eigenvalue weighted by Gasteiger charge is 2.13. The number of hydrogen-bond acceptors (Lipinski definition) is 6. The van der Waals surface area contributed by atoms with Crippen LogP contribution in [0.1, 0.15) is 37.4 Å². The van der Waals surface area contributed by atoms with Gasteiger partial charge in [-0.25, -0.2) is 0 Å². The third kappa shape index (κ3) is 6.69. The van der Waals surface area contributed by atoms with Crippen molar-refractivity contribution in [1.82, 2.24) is 0 Å². The topological polar surface area (TPSA) is 89.9 Å². The zero-order chi connectivity index (χ0) is 21.2. The molecule has 29 heavy (non-hydrogen) atoms. The molecular weight excluding hydrogens is 411 g/mol. The summed E-state index contributed by atoms with van der Waals surface area (Å²) in [5.41, 5.74) is 3.14. The average molecular weight is 433 g/mol. The summed E-state index contributed by atoms with van der Waals surface area (Å²) in [7, 11) is 0. The molecule has 0 saturated carbocycles. The molecule has 8 heteroatoms. The molecule has 6 nitrogen and oxygen atoms in total. The highest BCUT2D eigenvalue weighted by atomic mass is 35.5. The molecule has 0 fully saturated rings. The van der Waals surface area contributed by atoms with Crippen molar-refractivity contribution in [3.63, 3.8) is 0 Å². The van der Waals surface area contributed by atoms with E-state index in [1.807, 2.05) is 24.3 Å². The van der Waals surface area contributed by atoms with Crippen molar-refractivity contribution < 1.29 is 10.4 Å². The molecule has 2 aromatic carbocycles. The fourth-order valence-electron chi connectivity index (χ4n) is 2.62. The minimum absolute atomic E-state index is 0.405. The lowest BCUT2D eigenvalue weighted by Crippen LogP contribution is -2.13. The monoisotopic (exact) mass is 432 g/mol. The Kier molecular flexibility index (Phi) is 8.83. The largest absolute Gasteiger partial charge is 0.411 e. The molecule has 0 amide bonds. The van der Waals surface area contributed by atoms with E-state index in [2.05, 4.69) is 20.3 Å². The van der Waals surface area contributed by atoms with Gasteiger partial charge in [-0.3, -0.25) is 9.98 Å². The van der Waals surface area contributed by atoms with Crippen LogP contribution in [-0.4, -0.2) is 40.3 Å². The molecule has 0 saturated heterocycles. The Morgan fingerprint density at radius 2 is 1.52 bits per heavy atom. The zero-order valence-corrected chi connectivity index (χ0v) is 17.6. The molecule has 1 atom stereocenters. The maximum atomic E-state index is 9.15. The Hall–Kier alpha value is -2.70. The number of oxime groups is 2. The molecule has 0 heterocycles. The normalized spacial score (nSPS) is 14.4. The summed E-state index contributed by atoms with van der Waals surface area (Å²) in [5, 5.41) is 26.1. The Morgan fingerprint density at radius 1 is 0.931 bits per heavy atom. The predicted octanol–water partition coefficient (Wildman–Crippen LogP) is 5.68. The third-order valence-electron chi connectivity index (χ3n) is 4.13. The van der Waals surface area contributed by atoms with Gasteiger partial charge < -0.3 is 10.4 Å². The molecule has 0 spiro atoms. The van der Waals surface area contributed by atoms with E-state index in [0.29, 0.717) is 40.1 Å². The molecular formula is C21H22Cl2N4O2. The van der Waals surface area contributed by atoms with E-state index in [0.717, 1.165) is 11.1 Å². The summed E-state index contributed by atoms with van der Waals surface area (Å²) in [6.45, 7) is 3.82. The second-order valence-corrected chi connectivity index (χ2v) is 7.11. The molecule has 0 aromatic heterocycles. The van der Waals surface area contributed by atoms with Crippen LogP contribution in [0.2, 0.25) is 10.0 Å². The summed E-state index contributed by atoms with van der Waals surface area (Å²) >= 11 is 11.9. The predicted molar refractivity (Wildman–Crippen MR) is 120 cm³/mol. The van der Waals surface area contributed by atoms with Crippen LogP contribution in [-0.2, 0) is 0 Å². The third-order valence-corrected chi connectivity index (χ3v) is 4.64. The molecule has 152 valence electrons. The van der Waals surface area contributed by atoms with E-state index in [1.165, 1.54) is 0 Å². The smallest absolute Gasteiger partial charge is 0.116 e.